The summed E-state index contributed by atoms with van der Waals surface area (Å²) in [6.07, 6.45) is 0.768. The molecular weight excluding hydrogens is 294 g/mol. The molecule has 0 aliphatic rings. The monoisotopic (exact) mass is 313 g/mol. The van der Waals surface area contributed by atoms with Gasteiger partial charge in [-0.1, -0.05) is 6.92 Å². The SMILES string of the molecule is CCc1sc(C(=O)N[C@H](CCC(=O)OC)C(=O)O)cc1C. The van der Waals surface area contributed by atoms with Crippen LogP contribution in [-0.2, 0) is 20.7 Å². The molecule has 0 spiro atoms. The third kappa shape index (κ3) is 4.86. The zero-order valence-electron chi connectivity index (χ0n) is 12.3. The maximum atomic E-state index is 12.1. The highest BCUT2D eigenvalue weighted by molar-refractivity contribution is 7.14. The average molecular weight is 313 g/mol. The van der Waals surface area contributed by atoms with Crippen LogP contribution in [0.5, 0.6) is 0 Å². The van der Waals surface area contributed by atoms with Crippen molar-refractivity contribution in [2.75, 3.05) is 7.11 Å². The lowest BCUT2D eigenvalue weighted by molar-refractivity contribution is -0.142. The molecule has 116 valence electrons. The Balaban J connectivity index is 2.71. The number of carboxylic acid groups (broad SMARTS) is 1. The maximum Gasteiger partial charge on any atom is 0.326 e. The first kappa shape index (κ1) is 17.2. The highest BCUT2D eigenvalue weighted by atomic mass is 32.1. The van der Waals surface area contributed by atoms with E-state index < -0.39 is 23.9 Å². The van der Waals surface area contributed by atoms with Crippen LogP contribution in [0.25, 0.3) is 0 Å². The summed E-state index contributed by atoms with van der Waals surface area (Å²) < 4.78 is 4.46. The van der Waals surface area contributed by atoms with Crippen molar-refractivity contribution in [3.63, 3.8) is 0 Å². The molecule has 0 aromatic carbocycles. The Morgan fingerprint density at radius 1 is 1.43 bits per heavy atom. The van der Waals surface area contributed by atoms with Gasteiger partial charge in [0, 0.05) is 11.3 Å². The number of ether oxygens (including phenoxy) is 1. The molecule has 1 heterocycles. The van der Waals surface area contributed by atoms with E-state index in [-0.39, 0.29) is 12.8 Å². The fraction of sp³-hybridized carbons (Fsp3) is 0.500. The van der Waals surface area contributed by atoms with E-state index in [1.54, 1.807) is 6.07 Å². The first-order valence-corrected chi connectivity index (χ1v) is 7.40. The van der Waals surface area contributed by atoms with E-state index in [1.807, 2.05) is 13.8 Å². The number of carbonyl (C=O) groups is 3. The summed E-state index contributed by atoms with van der Waals surface area (Å²) in [6, 6.07) is 0.641. The third-order valence-electron chi connectivity index (χ3n) is 3.03. The third-order valence-corrected chi connectivity index (χ3v) is 4.41. The number of nitrogens with one attached hydrogen (secondary N) is 1. The Labute approximate surface area is 127 Å². The van der Waals surface area contributed by atoms with Crippen molar-refractivity contribution in [3.8, 4) is 0 Å². The molecule has 2 N–H and O–H groups in total. The van der Waals surface area contributed by atoms with Crippen molar-refractivity contribution in [2.24, 2.45) is 0 Å². The van der Waals surface area contributed by atoms with E-state index in [0.717, 1.165) is 16.9 Å². The Morgan fingerprint density at radius 2 is 2.10 bits per heavy atom. The van der Waals surface area contributed by atoms with E-state index in [1.165, 1.54) is 18.4 Å². The molecule has 0 saturated heterocycles. The second kappa shape index (κ2) is 7.78. The molecule has 1 aromatic rings. The minimum atomic E-state index is -1.17. The van der Waals surface area contributed by atoms with Crippen molar-refractivity contribution in [1.29, 1.82) is 0 Å². The Hall–Kier alpha value is -1.89. The van der Waals surface area contributed by atoms with Crippen molar-refractivity contribution in [3.05, 3.63) is 21.4 Å². The van der Waals surface area contributed by atoms with Gasteiger partial charge in [-0.05, 0) is 31.4 Å². The van der Waals surface area contributed by atoms with Gasteiger partial charge in [-0.2, -0.15) is 0 Å². The first-order chi connectivity index (χ1) is 9.88. The molecule has 0 radical (unpaired) electrons. The minimum absolute atomic E-state index is 0.00125. The smallest absolute Gasteiger partial charge is 0.326 e. The van der Waals surface area contributed by atoms with E-state index in [4.69, 9.17) is 5.11 Å². The molecule has 1 atom stereocenters. The molecule has 0 aliphatic heterocycles. The van der Waals surface area contributed by atoms with E-state index >= 15 is 0 Å². The van der Waals surface area contributed by atoms with Crippen LogP contribution in [0.15, 0.2) is 6.07 Å². The highest BCUT2D eigenvalue weighted by Crippen LogP contribution is 2.22. The predicted octanol–water partition coefficient (Wildman–Crippen LogP) is 1.76. The molecule has 0 saturated carbocycles. The summed E-state index contributed by atoms with van der Waals surface area (Å²) in [7, 11) is 1.23. The molecule has 0 fully saturated rings. The van der Waals surface area contributed by atoms with E-state index in [2.05, 4.69) is 10.1 Å². The number of carboxylic acids is 1. The molecule has 1 amide bonds. The van der Waals surface area contributed by atoms with Crippen LogP contribution in [-0.4, -0.2) is 36.1 Å². The van der Waals surface area contributed by atoms with Gasteiger partial charge in [0.05, 0.1) is 12.0 Å². The van der Waals surface area contributed by atoms with Gasteiger partial charge in [-0.3, -0.25) is 9.59 Å². The van der Waals surface area contributed by atoms with Crippen molar-refractivity contribution in [1.82, 2.24) is 5.32 Å². The van der Waals surface area contributed by atoms with E-state index in [0.29, 0.717) is 4.88 Å². The normalized spacial score (nSPS) is 11.8. The minimum Gasteiger partial charge on any atom is -0.480 e. The summed E-state index contributed by atoms with van der Waals surface area (Å²) in [5.74, 6) is -2.10. The summed E-state index contributed by atoms with van der Waals surface area (Å²) in [6.45, 7) is 3.91. The lowest BCUT2D eigenvalue weighted by Crippen LogP contribution is -2.40. The van der Waals surface area contributed by atoms with Crippen molar-refractivity contribution >= 4 is 29.2 Å². The fourth-order valence-electron chi connectivity index (χ4n) is 1.83. The van der Waals surface area contributed by atoms with Crippen LogP contribution in [0, 0.1) is 6.92 Å². The molecular formula is C14H19NO5S. The zero-order valence-corrected chi connectivity index (χ0v) is 13.1. The Morgan fingerprint density at radius 3 is 2.57 bits per heavy atom. The van der Waals surface area contributed by atoms with Crippen LogP contribution in [0.1, 0.15) is 39.9 Å². The van der Waals surface area contributed by atoms with Gasteiger partial charge in [0.2, 0.25) is 0 Å². The lowest BCUT2D eigenvalue weighted by atomic mass is 10.1. The molecule has 0 aliphatic carbocycles. The fourth-order valence-corrected chi connectivity index (χ4v) is 2.85. The largest absolute Gasteiger partial charge is 0.480 e. The summed E-state index contributed by atoms with van der Waals surface area (Å²) >= 11 is 1.35. The topological polar surface area (TPSA) is 92.7 Å². The lowest BCUT2D eigenvalue weighted by Gasteiger charge is -2.13. The van der Waals surface area contributed by atoms with Crippen molar-refractivity contribution < 1.29 is 24.2 Å². The summed E-state index contributed by atoms with van der Waals surface area (Å²) in [4.78, 5) is 35.8. The zero-order chi connectivity index (χ0) is 16.0. The number of aliphatic carboxylic acids is 1. The van der Waals surface area contributed by atoms with Crippen LogP contribution in [0.4, 0.5) is 0 Å². The predicted molar refractivity (Wildman–Crippen MR) is 78.6 cm³/mol. The number of carbonyl (C=O) groups excluding carboxylic acids is 2. The number of thiophene rings is 1. The average Bonchev–Trinajstić information content (AvgIpc) is 2.83. The number of hydrogen-bond donors (Lipinski definition) is 2. The van der Waals surface area contributed by atoms with Gasteiger partial charge in [0.25, 0.3) is 5.91 Å². The number of hydrogen-bond acceptors (Lipinski definition) is 5. The standard InChI is InChI=1S/C14H19NO5S/c1-4-10-8(2)7-11(21-10)13(17)15-9(14(18)19)5-6-12(16)20-3/h7,9H,4-6H2,1-3H3,(H,15,17)(H,18,19)/t9-/m1/s1. The quantitative estimate of drug-likeness (QED) is 0.748. The molecule has 1 rings (SSSR count). The van der Waals surface area contributed by atoms with Gasteiger partial charge < -0.3 is 15.2 Å². The van der Waals surface area contributed by atoms with Gasteiger partial charge >= 0.3 is 11.9 Å². The molecule has 6 nitrogen and oxygen atoms in total. The second-order valence-electron chi connectivity index (χ2n) is 4.55. The number of methoxy groups -OCH3 is 1. The van der Waals surface area contributed by atoms with E-state index in [9.17, 15) is 14.4 Å². The molecule has 0 bridgehead atoms. The van der Waals surface area contributed by atoms with Gasteiger partial charge in [0.15, 0.2) is 0 Å². The summed E-state index contributed by atoms with van der Waals surface area (Å²) in [5, 5.41) is 11.5. The second-order valence-corrected chi connectivity index (χ2v) is 5.69. The van der Waals surface area contributed by atoms with Crippen LogP contribution in [0.3, 0.4) is 0 Å². The maximum absolute atomic E-state index is 12.1. The Bertz CT molecular complexity index is 537. The molecule has 21 heavy (non-hydrogen) atoms. The van der Waals surface area contributed by atoms with Gasteiger partial charge in [-0.15, -0.1) is 11.3 Å². The van der Waals surface area contributed by atoms with Gasteiger partial charge in [0.1, 0.15) is 6.04 Å². The molecule has 1 aromatic heterocycles. The summed E-state index contributed by atoms with van der Waals surface area (Å²) in [5.41, 5.74) is 1.02. The van der Waals surface area contributed by atoms with Crippen LogP contribution in [0.2, 0.25) is 0 Å². The number of amides is 1. The first-order valence-electron chi connectivity index (χ1n) is 6.58. The molecule has 7 heteroatoms. The molecule has 0 unspecified atom stereocenters. The van der Waals surface area contributed by atoms with Gasteiger partial charge in [-0.25, -0.2) is 4.79 Å². The van der Waals surface area contributed by atoms with Crippen LogP contribution < -0.4 is 5.32 Å². The highest BCUT2D eigenvalue weighted by Gasteiger charge is 2.23. The number of esters is 1. The Kier molecular flexibility index (Phi) is 6.36. The van der Waals surface area contributed by atoms with Crippen molar-refractivity contribution in [2.45, 2.75) is 39.2 Å². The number of rotatable bonds is 7. The number of aryl methyl sites for hydroxylation is 2. The van der Waals surface area contributed by atoms with Crippen LogP contribution >= 0.6 is 11.3 Å².